The second-order valence-electron chi connectivity index (χ2n) is 14.6. The molecule has 0 aliphatic carbocycles. The first-order chi connectivity index (χ1) is 24.8. The van der Waals surface area contributed by atoms with Gasteiger partial charge in [-0.15, -0.1) is 0 Å². The number of carbonyl (C=O) groups excluding carboxylic acids is 1. The summed E-state index contributed by atoms with van der Waals surface area (Å²) in [6.07, 6.45) is 3.57. The van der Waals surface area contributed by atoms with E-state index in [1.807, 2.05) is 18.2 Å². The van der Waals surface area contributed by atoms with Crippen LogP contribution in [0.5, 0.6) is 0 Å². The maximum atomic E-state index is 12.7. The van der Waals surface area contributed by atoms with Gasteiger partial charge in [0.2, 0.25) is 0 Å². The van der Waals surface area contributed by atoms with E-state index in [1.165, 1.54) is 10.4 Å². The Morgan fingerprint density at radius 2 is 1.12 bits per heavy atom. The molecule has 3 atom stereocenters. The summed E-state index contributed by atoms with van der Waals surface area (Å²) in [4.78, 5) is 12.7. The zero-order valence-electron chi connectivity index (χ0n) is 30.3. The summed E-state index contributed by atoms with van der Waals surface area (Å²) in [5, 5.41) is 2.16. The molecule has 1 aliphatic rings. The number of carbonyl (C=O) groups is 1. The van der Waals surface area contributed by atoms with Crippen molar-refractivity contribution < 1.29 is 18.7 Å². The molecular weight excluding hydrogens is 645 g/mol. The first kappa shape index (κ1) is 36.4. The molecule has 6 rings (SSSR count). The Morgan fingerprint density at radius 1 is 0.686 bits per heavy atom. The third-order valence-corrected chi connectivity index (χ3v) is 15.1. The molecule has 5 aromatic carbocycles. The highest BCUT2D eigenvalue weighted by Crippen LogP contribution is 2.43. The van der Waals surface area contributed by atoms with Gasteiger partial charge in [0.1, 0.15) is 24.1 Å². The number of rotatable bonds is 11. The molecule has 0 radical (unpaired) electrons. The van der Waals surface area contributed by atoms with Crippen LogP contribution in [0.2, 0.25) is 5.04 Å². The number of hydrogen-bond donors (Lipinski definition) is 0. The summed E-state index contributed by atoms with van der Waals surface area (Å²) in [6.45, 7) is 9.19. The van der Waals surface area contributed by atoms with E-state index in [-0.39, 0.29) is 11.6 Å². The second-order valence-corrected chi connectivity index (χ2v) is 18.9. The molecule has 0 amide bonds. The van der Waals surface area contributed by atoms with Crippen molar-refractivity contribution >= 4 is 25.0 Å². The van der Waals surface area contributed by atoms with E-state index >= 15 is 0 Å². The number of aldehydes is 1. The van der Waals surface area contributed by atoms with Crippen molar-refractivity contribution in [1.82, 2.24) is 0 Å². The molecule has 4 nitrogen and oxygen atoms in total. The fraction of sp³-hybridized carbons (Fsp3) is 0.283. The molecule has 0 spiro atoms. The van der Waals surface area contributed by atoms with E-state index in [9.17, 15) is 4.79 Å². The van der Waals surface area contributed by atoms with Crippen molar-refractivity contribution in [3.8, 4) is 0 Å². The second kappa shape index (κ2) is 16.3. The monoisotopic (exact) mass is 694 g/mol. The lowest BCUT2D eigenvalue weighted by atomic mass is 9.79. The molecule has 0 aromatic heterocycles. The van der Waals surface area contributed by atoms with E-state index in [0.717, 1.165) is 35.0 Å². The van der Waals surface area contributed by atoms with E-state index < -0.39 is 32.2 Å². The minimum absolute atomic E-state index is 0.228. The Bertz CT molecular complexity index is 1700. The van der Waals surface area contributed by atoms with Crippen LogP contribution in [0.1, 0.15) is 63.6 Å². The first-order valence-electron chi connectivity index (χ1n) is 18.1. The molecule has 262 valence electrons. The third-order valence-electron chi connectivity index (χ3n) is 10.1. The Kier molecular flexibility index (Phi) is 11.6. The van der Waals surface area contributed by atoms with Gasteiger partial charge in [0, 0.05) is 6.42 Å². The molecule has 1 aliphatic heterocycles. The molecule has 5 aromatic rings. The van der Waals surface area contributed by atoms with E-state index in [1.54, 1.807) is 0 Å². The van der Waals surface area contributed by atoms with E-state index in [4.69, 9.17) is 13.9 Å². The van der Waals surface area contributed by atoms with Crippen LogP contribution in [0, 0.1) is 0 Å². The number of benzene rings is 5. The molecule has 0 fully saturated rings. The number of hydrogen-bond acceptors (Lipinski definition) is 4. The van der Waals surface area contributed by atoms with Gasteiger partial charge in [0.15, 0.2) is 0 Å². The zero-order chi connectivity index (χ0) is 35.7. The van der Waals surface area contributed by atoms with Crippen LogP contribution in [0.15, 0.2) is 163 Å². The van der Waals surface area contributed by atoms with E-state index in [2.05, 4.69) is 167 Å². The van der Waals surface area contributed by atoms with Gasteiger partial charge in [-0.2, -0.15) is 0 Å². The summed E-state index contributed by atoms with van der Waals surface area (Å²) >= 11 is 0. The maximum Gasteiger partial charge on any atom is 0.261 e. The molecule has 0 bridgehead atoms. The fourth-order valence-corrected chi connectivity index (χ4v) is 12.3. The topological polar surface area (TPSA) is 44.8 Å². The van der Waals surface area contributed by atoms with Crippen LogP contribution in [0.4, 0.5) is 0 Å². The van der Waals surface area contributed by atoms with E-state index in [0.29, 0.717) is 12.8 Å². The van der Waals surface area contributed by atoms with Gasteiger partial charge in [-0.05, 0) is 51.9 Å². The molecule has 1 heterocycles. The van der Waals surface area contributed by atoms with Crippen LogP contribution in [-0.2, 0) is 24.3 Å². The van der Waals surface area contributed by atoms with Crippen molar-refractivity contribution in [3.05, 3.63) is 180 Å². The Balaban J connectivity index is 1.51. The average Bonchev–Trinajstić information content (AvgIpc) is 3.24. The highest BCUT2D eigenvalue weighted by molar-refractivity contribution is 6.99. The largest absolute Gasteiger partial charge is 0.405 e. The first-order valence-corrected chi connectivity index (χ1v) is 20.0. The van der Waals surface area contributed by atoms with Gasteiger partial charge in [-0.1, -0.05) is 184 Å². The van der Waals surface area contributed by atoms with Crippen LogP contribution in [0.3, 0.4) is 0 Å². The highest BCUT2D eigenvalue weighted by atomic mass is 28.4. The fourth-order valence-electron chi connectivity index (χ4n) is 7.72. The average molecular weight is 695 g/mol. The normalized spacial score (nSPS) is 19.9. The number of ether oxygens (including phenoxy) is 2. The predicted molar refractivity (Wildman–Crippen MR) is 210 cm³/mol. The summed E-state index contributed by atoms with van der Waals surface area (Å²) in [5.74, 6) is 0. The Morgan fingerprint density at radius 3 is 1.53 bits per heavy atom. The molecule has 0 saturated heterocycles. The predicted octanol–water partition coefficient (Wildman–Crippen LogP) is 9.02. The van der Waals surface area contributed by atoms with Crippen LogP contribution >= 0.6 is 0 Å². The smallest absolute Gasteiger partial charge is 0.261 e. The van der Waals surface area contributed by atoms with Gasteiger partial charge in [-0.3, -0.25) is 0 Å². The summed E-state index contributed by atoms with van der Waals surface area (Å²) in [7, 11) is -2.94. The lowest BCUT2D eigenvalue weighted by molar-refractivity contribution is -0.156. The number of allylic oxidation sites excluding steroid dienone is 1. The molecule has 0 N–H and O–H groups in total. The van der Waals surface area contributed by atoms with Crippen molar-refractivity contribution in [1.29, 1.82) is 0 Å². The third kappa shape index (κ3) is 7.78. The molecular formula is C46H50O4Si. The minimum Gasteiger partial charge on any atom is -0.405 e. The lowest BCUT2D eigenvalue weighted by Crippen LogP contribution is -2.67. The summed E-state index contributed by atoms with van der Waals surface area (Å²) < 4.78 is 22.1. The maximum absolute atomic E-state index is 12.7. The van der Waals surface area contributed by atoms with Gasteiger partial charge in [-0.25, -0.2) is 0 Å². The van der Waals surface area contributed by atoms with Crippen molar-refractivity contribution in [2.75, 3.05) is 6.61 Å². The molecule has 51 heavy (non-hydrogen) atoms. The van der Waals surface area contributed by atoms with Crippen LogP contribution in [0.25, 0.3) is 0 Å². The lowest BCUT2D eigenvalue weighted by Gasteiger charge is -2.45. The van der Waals surface area contributed by atoms with Gasteiger partial charge in [0.05, 0.1) is 12.7 Å². The van der Waals surface area contributed by atoms with Crippen molar-refractivity contribution in [3.63, 3.8) is 0 Å². The van der Waals surface area contributed by atoms with Gasteiger partial charge < -0.3 is 18.7 Å². The van der Waals surface area contributed by atoms with Crippen LogP contribution in [-0.4, -0.2) is 39.5 Å². The Labute approximate surface area is 305 Å². The Hall–Kier alpha value is -4.39. The standard InChI is InChI=1S/C46H50O4Si/c1-36-21-20-32-43(50-46(37-22-10-5-11-23-37,38-24-12-6-13-25-38)39-26-14-7-15-27-39)44(49-40(33-36)34-47)35-48-51(45(2,3)4,41-28-16-8-17-29-41)42-30-18-9-19-31-42/h5-19,21-31,34,40,43-44H,20,32-33,35H2,1-4H3/b36-21+/t40-,43-,44-/m1/s1. The van der Waals surface area contributed by atoms with Crippen molar-refractivity contribution in [2.24, 2.45) is 0 Å². The van der Waals surface area contributed by atoms with Gasteiger partial charge in [0.25, 0.3) is 8.32 Å². The minimum atomic E-state index is -2.94. The molecule has 0 saturated carbocycles. The summed E-state index contributed by atoms with van der Waals surface area (Å²) in [5.41, 5.74) is 3.24. The highest BCUT2D eigenvalue weighted by Gasteiger charge is 2.51. The van der Waals surface area contributed by atoms with Crippen LogP contribution < -0.4 is 10.4 Å². The van der Waals surface area contributed by atoms with Gasteiger partial charge >= 0.3 is 0 Å². The zero-order valence-corrected chi connectivity index (χ0v) is 31.3. The quantitative estimate of drug-likeness (QED) is 0.0599. The summed E-state index contributed by atoms with van der Waals surface area (Å²) in [6, 6.07) is 52.7. The molecule has 0 unspecified atom stereocenters. The SMILES string of the molecule is C/C1=C\CC[C@@H](OC(c2ccccc2)(c2ccccc2)c2ccccc2)[C@@H](CO[Si](c2ccccc2)(c2ccccc2)C(C)(C)C)O[C@@H](C=O)C1. The molecule has 5 heteroatoms. The van der Waals surface area contributed by atoms with Crippen molar-refractivity contribution in [2.45, 2.75) is 75.9 Å².